The normalized spacial score (nSPS) is 13.5. The van der Waals surface area contributed by atoms with Crippen molar-refractivity contribution < 1.29 is 9.18 Å². The van der Waals surface area contributed by atoms with Gasteiger partial charge in [0.25, 0.3) is 0 Å². The number of carbonyl (C=O) groups excluding carboxylic acids is 1. The minimum Gasteiger partial charge on any atom is -0.336 e. The smallest absolute Gasteiger partial charge is 0.336 e. The Bertz CT molecular complexity index is 990. The van der Waals surface area contributed by atoms with Gasteiger partial charge in [0.2, 0.25) is 0 Å². The van der Waals surface area contributed by atoms with Crippen molar-refractivity contribution >= 4 is 22.4 Å². The molecule has 1 aromatic carbocycles. The zero-order valence-electron chi connectivity index (χ0n) is 14.4. The Hall–Kier alpha value is -2.94. The summed E-state index contributed by atoms with van der Waals surface area (Å²) in [6.07, 6.45) is 1.86. The summed E-state index contributed by atoms with van der Waals surface area (Å²) in [4.78, 5) is 24.6. The van der Waals surface area contributed by atoms with Gasteiger partial charge in [-0.1, -0.05) is 0 Å². The lowest BCUT2D eigenvalue weighted by atomic mass is 10.2. The van der Waals surface area contributed by atoms with Crippen molar-refractivity contribution in [1.82, 2.24) is 19.7 Å². The average Bonchev–Trinajstić information content (AvgIpc) is 3.26. The molecule has 2 aromatic heterocycles. The fourth-order valence-electron chi connectivity index (χ4n) is 2.80. The summed E-state index contributed by atoms with van der Waals surface area (Å²) in [6.45, 7) is 0.520. The van der Waals surface area contributed by atoms with E-state index in [-0.39, 0.29) is 36.7 Å². The molecule has 0 radical (unpaired) electrons. The molecule has 0 saturated heterocycles. The van der Waals surface area contributed by atoms with E-state index in [4.69, 9.17) is 0 Å². The Morgan fingerprint density at radius 1 is 1.26 bits per heavy atom. The number of nitrogens with zero attached hydrogens (tertiary/aromatic N) is 3. The van der Waals surface area contributed by atoms with Gasteiger partial charge in [-0.2, -0.15) is 0 Å². The number of thiophene rings is 1. The lowest BCUT2D eigenvalue weighted by Crippen LogP contribution is -2.34. The van der Waals surface area contributed by atoms with E-state index in [1.165, 1.54) is 28.2 Å². The SMILES string of the molecule is O=C(NCCn1nc(-c2ccc(F)cc2)n(C2CC2)c1=O)Nc1cccs1. The zero-order valence-corrected chi connectivity index (χ0v) is 15.2. The number of anilines is 1. The van der Waals surface area contributed by atoms with Crippen molar-refractivity contribution in [3.05, 3.63) is 58.1 Å². The summed E-state index contributed by atoms with van der Waals surface area (Å²) < 4.78 is 16.2. The molecule has 2 heterocycles. The second-order valence-corrected chi connectivity index (χ2v) is 7.24. The Morgan fingerprint density at radius 2 is 2.04 bits per heavy atom. The summed E-state index contributed by atoms with van der Waals surface area (Å²) in [5.41, 5.74) is 0.486. The van der Waals surface area contributed by atoms with Crippen LogP contribution in [-0.4, -0.2) is 26.9 Å². The van der Waals surface area contributed by atoms with Crippen LogP contribution in [-0.2, 0) is 6.54 Å². The van der Waals surface area contributed by atoms with Crippen LogP contribution in [0.25, 0.3) is 11.4 Å². The van der Waals surface area contributed by atoms with Crippen molar-refractivity contribution in [2.45, 2.75) is 25.4 Å². The summed E-state index contributed by atoms with van der Waals surface area (Å²) in [7, 11) is 0. The first-order valence-corrected chi connectivity index (χ1v) is 9.53. The third-order valence-corrected chi connectivity index (χ3v) is 5.04. The van der Waals surface area contributed by atoms with Gasteiger partial charge in [-0.05, 0) is 54.6 Å². The highest BCUT2D eigenvalue weighted by Crippen LogP contribution is 2.36. The van der Waals surface area contributed by atoms with Crippen LogP contribution in [0, 0.1) is 5.82 Å². The molecule has 27 heavy (non-hydrogen) atoms. The predicted octanol–water partition coefficient (Wildman–Crippen LogP) is 3.07. The summed E-state index contributed by atoms with van der Waals surface area (Å²) >= 11 is 1.43. The van der Waals surface area contributed by atoms with Crippen molar-refractivity contribution in [3.63, 3.8) is 0 Å². The third kappa shape index (κ3) is 3.92. The molecular formula is C18H18FN5O2S. The number of nitrogens with one attached hydrogen (secondary N) is 2. The van der Waals surface area contributed by atoms with E-state index in [1.54, 1.807) is 22.8 Å². The molecular weight excluding hydrogens is 369 g/mol. The molecule has 0 unspecified atom stereocenters. The molecule has 140 valence electrons. The second-order valence-electron chi connectivity index (χ2n) is 6.30. The molecule has 0 bridgehead atoms. The Morgan fingerprint density at radius 3 is 2.70 bits per heavy atom. The molecule has 1 saturated carbocycles. The fraction of sp³-hybridized carbons (Fsp3) is 0.278. The maximum atomic E-state index is 13.2. The van der Waals surface area contributed by atoms with Gasteiger partial charge >= 0.3 is 11.7 Å². The minimum atomic E-state index is -0.334. The molecule has 3 aromatic rings. The van der Waals surface area contributed by atoms with Gasteiger partial charge in [0, 0.05) is 18.2 Å². The zero-order chi connectivity index (χ0) is 18.8. The third-order valence-electron chi connectivity index (χ3n) is 4.25. The summed E-state index contributed by atoms with van der Waals surface area (Å²) in [6, 6.07) is 9.41. The van der Waals surface area contributed by atoms with E-state index in [0.717, 1.165) is 17.8 Å². The van der Waals surface area contributed by atoms with Crippen LogP contribution < -0.4 is 16.3 Å². The van der Waals surface area contributed by atoms with E-state index in [1.807, 2.05) is 11.4 Å². The molecule has 2 N–H and O–H groups in total. The van der Waals surface area contributed by atoms with Crippen molar-refractivity contribution in [3.8, 4) is 11.4 Å². The number of carbonyl (C=O) groups is 1. The minimum absolute atomic E-state index is 0.140. The number of rotatable bonds is 6. The molecule has 1 aliphatic carbocycles. The number of hydrogen-bond acceptors (Lipinski definition) is 4. The van der Waals surface area contributed by atoms with Crippen LogP contribution in [0.1, 0.15) is 18.9 Å². The van der Waals surface area contributed by atoms with Crippen LogP contribution in [0.4, 0.5) is 14.2 Å². The molecule has 0 atom stereocenters. The Kier molecular flexibility index (Phi) is 4.76. The number of urea groups is 1. The van der Waals surface area contributed by atoms with Crippen LogP contribution in [0.15, 0.2) is 46.6 Å². The van der Waals surface area contributed by atoms with Gasteiger partial charge in [-0.25, -0.2) is 18.7 Å². The molecule has 0 spiro atoms. The van der Waals surface area contributed by atoms with Gasteiger partial charge in [0.05, 0.1) is 11.5 Å². The lowest BCUT2D eigenvalue weighted by molar-refractivity contribution is 0.251. The molecule has 9 heteroatoms. The quantitative estimate of drug-likeness (QED) is 0.682. The van der Waals surface area contributed by atoms with Gasteiger partial charge < -0.3 is 5.32 Å². The largest absolute Gasteiger partial charge is 0.346 e. The van der Waals surface area contributed by atoms with E-state index in [0.29, 0.717) is 11.4 Å². The lowest BCUT2D eigenvalue weighted by Gasteiger charge is -2.05. The van der Waals surface area contributed by atoms with E-state index >= 15 is 0 Å². The van der Waals surface area contributed by atoms with Gasteiger partial charge in [0.15, 0.2) is 5.82 Å². The van der Waals surface area contributed by atoms with Crippen molar-refractivity contribution in [2.75, 3.05) is 11.9 Å². The molecule has 7 nitrogen and oxygen atoms in total. The summed E-state index contributed by atoms with van der Waals surface area (Å²) in [5.74, 6) is 0.199. The highest BCUT2D eigenvalue weighted by molar-refractivity contribution is 7.14. The number of aromatic nitrogens is 3. The van der Waals surface area contributed by atoms with Crippen LogP contribution in [0.5, 0.6) is 0 Å². The number of benzene rings is 1. The number of hydrogen-bond donors (Lipinski definition) is 2. The Labute approximate surface area is 158 Å². The highest BCUT2D eigenvalue weighted by atomic mass is 32.1. The number of amides is 2. The predicted molar refractivity (Wildman–Crippen MR) is 101 cm³/mol. The molecule has 0 aliphatic heterocycles. The van der Waals surface area contributed by atoms with Crippen LogP contribution in [0.2, 0.25) is 0 Å². The fourth-order valence-corrected chi connectivity index (χ4v) is 3.42. The summed E-state index contributed by atoms with van der Waals surface area (Å²) in [5, 5.41) is 12.5. The number of halogens is 1. The van der Waals surface area contributed by atoms with Crippen LogP contribution in [0.3, 0.4) is 0 Å². The van der Waals surface area contributed by atoms with Gasteiger partial charge in [-0.3, -0.25) is 9.88 Å². The maximum Gasteiger partial charge on any atom is 0.346 e. The van der Waals surface area contributed by atoms with Crippen molar-refractivity contribution in [2.24, 2.45) is 0 Å². The van der Waals surface area contributed by atoms with E-state index < -0.39 is 0 Å². The second kappa shape index (κ2) is 7.36. The standard InChI is InChI=1S/C18H18FN5O2S/c19-13-5-3-12(4-6-13)16-22-23(18(26)24(16)14-7-8-14)10-9-20-17(25)21-15-2-1-11-27-15/h1-6,11,14H,7-10H2,(H2,20,21,25). The van der Waals surface area contributed by atoms with Gasteiger partial charge in [-0.15, -0.1) is 16.4 Å². The first-order valence-electron chi connectivity index (χ1n) is 8.65. The van der Waals surface area contributed by atoms with Crippen molar-refractivity contribution in [1.29, 1.82) is 0 Å². The first kappa shape index (κ1) is 17.5. The molecule has 4 rings (SSSR count). The molecule has 1 aliphatic rings. The maximum absolute atomic E-state index is 13.2. The monoisotopic (exact) mass is 387 g/mol. The molecule has 1 fully saturated rings. The highest BCUT2D eigenvalue weighted by Gasteiger charge is 2.30. The van der Waals surface area contributed by atoms with Crippen LogP contribution >= 0.6 is 11.3 Å². The first-order chi connectivity index (χ1) is 13.1. The van der Waals surface area contributed by atoms with E-state index in [2.05, 4.69) is 15.7 Å². The Balaban J connectivity index is 1.46. The molecule has 2 amide bonds. The van der Waals surface area contributed by atoms with Gasteiger partial charge in [0.1, 0.15) is 5.82 Å². The van der Waals surface area contributed by atoms with E-state index in [9.17, 15) is 14.0 Å². The topological polar surface area (TPSA) is 81.0 Å². The average molecular weight is 387 g/mol.